The number of nitrogens with zero attached hydrogens (tertiary/aromatic N) is 3. The molecule has 140 valence electrons. The third-order valence-electron chi connectivity index (χ3n) is 3.51. The van der Waals surface area contributed by atoms with Gasteiger partial charge in [0.15, 0.2) is 0 Å². The van der Waals surface area contributed by atoms with Crippen molar-refractivity contribution in [2.75, 3.05) is 18.5 Å². The number of rotatable bonds is 9. The Morgan fingerprint density at radius 2 is 2.22 bits per heavy atom. The van der Waals surface area contributed by atoms with E-state index in [0.29, 0.717) is 29.7 Å². The predicted molar refractivity (Wildman–Crippen MR) is 105 cm³/mol. The Bertz CT molecular complexity index is 894. The standard InChI is InChI=1S/C18H18N4O3S2/c1-13-16(26-11-19-13)6-9-24-7-3-8-25-15-5-2-4-14(10-15)17(23)21-18-22-20-12-27-18/h2-5,7,10-12H,6,8-9H2,1H3,(H,21,22,23)/b7-3+. The van der Waals surface area contributed by atoms with Gasteiger partial charge >= 0.3 is 0 Å². The number of hydrogen-bond acceptors (Lipinski definition) is 8. The van der Waals surface area contributed by atoms with Crippen LogP contribution in [0.2, 0.25) is 0 Å². The maximum atomic E-state index is 12.2. The summed E-state index contributed by atoms with van der Waals surface area (Å²) in [6, 6.07) is 6.95. The highest BCUT2D eigenvalue weighted by molar-refractivity contribution is 7.13. The number of anilines is 1. The van der Waals surface area contributed by atoms with Crippen molar-refractivity contribution < 1.29 is 14.3 Å². The van der Waals surface area contributed by atoms with Gasteiger partial charge in [-0.15, -0.1) is 21.5 Å². The van der Waals surface area contributed by atoms with Crippen molar-refractivity contribution >= 4 is 33.7 Å². The van der Waals surface area contributed by atoms with E-state index in [2.05, 4.69) is 20.5 Å². The van der Waals surface area contributed by atoms with Gasteiger partial charge in [-0.25, -0.2) is 4.98 Å². The minimum absolute atomic E-state index is 0.255. The van der Waals surface area contributed by atoms with Gasteiger partial charge in [0, 0.05) is 16.9 Å². The minimum atomic E-state index is -0.255. The summed E-state index contributed by atoms with van der Waals surface area (Å²) < 4.78 is 11.1. The second kappa shape index (κ2) is 9.79. The zero-order chi connectivity index (χ0) is 18.9. The minimum Gasteiger partial charge on any atom is -0.501 e. The maximum absolute atomic E-state index is 12.2. The number of carbonyl (C=O) groups excluding carboxylic acids is 1. The van der Waals surface area contributed by atoms with Crippen molar-refractivity contribution in [3.05, 3.63) is 63.8 Å². The zero-order valence-corrected chi connectivity index (χ0v) is 16.3. The van der Waals surface area contributed by atoms with E-state index in [1.807, 2.05) is 12.4 Å². The number of benzene rings is 1. The normalized spacial score (nSPS) is 10.9. The van der Waals surface area contributed by atoms with E-state index in [4.69, 9.17) is 9.47 Å². The average Bonchev–Trinajstić information content (AvgIpc) is 3.33. The molecular weight excluding hydrogens is 384 g/mol. The number of thiazole rings is 1. The van der Waals surface area contributed by atoms with Crippen molar-refractivity contribution in [1.29, 1.82) is 0 Å². The number of nitrogens with one attached hydrogen (secondary N) is 1. The van der Waals surface area contributed by atoms with Gasteiger partial charge in [-0.3, -0.25) is 10.1 Å². The third-order valence-corrected chi connectivity index (χ3v) is 5.11. The van der Waals surface area contributed by atoms with Crippen molar-refractivity contribution in [1.82, 2.24) is 15.2 Å². The van der Waals surface area contributed by atoms with Crippen LogP contribution in [0.4, 0.5) is 5.13 Å². The van der Waals surface area contributed by atoms with E-state index in [-0.39, 0.29) is 5.91 Å². The van der Waals surface area contributed by atoms with Crippen molar-refractivity contribution in [2.45, 2.75) is 13.3 Å². The fourth-order valence-electron chi connectivity index (χ4n) is 2.16. The Morgan fingerprint density at radius 3 is 3.00 bits per heavy atom. The van der Waals surface area contributed by atoms with Gasteiger partial charge in [0.2, 0.25) is 5.13 Å². The lowest BCUT2D eigenvalue weighted by Gasteiger charge is -2.06. The third kappa shape index (κ3) is 5.87. The van der Waals surface area contributed by atoms with Crippen LogP contribution in [-0.2, 0) is 11.2 Å². The number of carbonyl (C=O) groups is 1. The number of amides is 1. The first-order valence-electron chi connectivity index (χ1n) is 8.18. The summed E-state index contributed by atoms with van der Waals surface area (Å²) in [7, 11) is 0. The number of aryl methyl sites for hydroxylation is 1. The van der Waals surface area contributed by atoms with E-state index in [1.165, 1.54) is 16.2 Å². The van der Waals surface area contributed by atoms with Gasteiger partial charge in [0.1, 0.15) is 17.9 Å². The molecule has 0 saturated carbocycles. The molecule has 0 atom stereocenters. The molecule has 1 aromatic carbocycles. The fraction of sp³-hybridized carbons (Fsp3) is 0.222. The Morgan fingerprint density at radius 1 is 1.30 bits per heavy atom. The largest absolute Gasteiger partial charge is 0.501 e. The Balaban J connectivity index is 1.40. The van der Waals surface area contributed by atoms with Gasteiger partial charge in [-0.2, -0.15) is 0 Å². The highest BCUT2D eigenvalue weighted by Crippen LogP contribution is 2.16. The molecule has 2 aromatic heterocycles. The summed E-state index contributed by atoms with van der Waals surface area (Å²) in [5.74, 6) is 0.347. The van der Waals surface area contributed by atoms with Crippen molar-refractivity contribution in [3.8, 4) is 5.75 Å². The first-order chi connectivity index (χ1) is 13.2. The second-order valence-corrected chi connectivity index (χ2v) is 7.16. The van der Waals surface area contributed by atoms with E-state index >= 15 is 0 Å². The lowest BCUT2D eigenvalue weighted by Crippen LogP contribution is -2.11. The molecule has 3 rings (SSSR count). The van der Waals surface area contributed by atoms with Gasteiger partial charge in [0.05, 0.1) is 24.1 Å². The van der Waals surface area contributed by atoms with Crippen LogP contribution in [0.5, 0.6) is 5.75 Å². The molecule has 27 heavy (non-hydrogen) atoms. The monoisotopic (exact) mass is 402 g/mol. The average molecular weight is 403 g/mol. The first kappa shape index (κ1) is 19.0. The molecule has 1 N–H and O–H groups in total. The van der Waals surface area contributed by atoms with E-state index in [1.54, 1.807) is 53.5 Å². The van der Waals surface area contributed by atoms with Crippen LogP contribution in [-0.4, -0.2) is 34.3 Å². The molecule has 0 fully saturated rings. The molecule has 7 nitrogen and oxygen atoms in total. The summed E-state index contributed by atoms with van der Waals surface area (Å²) in [5, 5.41) is 10.6. The van der Waals surface area contributed by atoms with E-state index < -0.39 is 0 Å². The van der Waals surface area contributed by atoms with Gasteiger partial charge in [0.25, 0.3) is 5.91 Å². The molecule has 3 aromatic rings. The predicted octanol–water partition coefficient (Wildman–Crippen LogP) is 3.71. The summed E-state index contributed by atoms with van der Waals surface area (Å²) in [6.45, 7) is 2.94. The lowest BCUT2D eigenvalue weighted by atomic mass is 10.2. The van der Waals surface area contributed by atoms with Crippen molar-refractivity contribution in [2.24, 2.45) is 0 Å². The van der Waals surface area contributed by atoms with Crippen LogP contribution in [0.1, 0.15) is 20.9 Å². The van der Waals surface area contributed by atoms with Crippen LogP contribution in [0.25, 0.3) is 0 Å². The maximum Gasteiger partial charge on any atom is 0.257 e. The number of aromatic nitrogens is 3. The second-order valence-electron chi connectivity index (χ2n) is 5.39. The molecule has 1 amide bonds. The van der Waals surface area contributed by atoms with Crippen LogP contribution in [0.3, 0.4) is 0 Å². The Kier molecular flexibility index (Phi) is 6.89. The van der Waals surface area contributed by atoms with Gasteiger partial charge in [-0.1, -0.05) is 17.4 Å². The summed E-state index contributed by atoms with van der Waals surface area (Å²) in [5.41, 5.74) is 4.95. The van der Waals surface area contributed by atoms with Crippen LogP contribution < -0.4 is 10.1 Å². The molecular formula is C18H18N4O3S2. The smallest absolute Gasteiger partial charge is 0.257 e. The summed E-state index contributed by atoms with van der Waals surface area (Å²) in [6.07, 6.45) is 4.25. The van der Waals surface area contributed by atoms with E-state index in [0.717, 1.165) is 12.1 Å². The van der Waals surface area contributed by atoms with Crippen molar-refractivity contribution in [3.63, 3.8) is 0 Å². The first-order valence-corrected chi connectivity index (χ1v) is 9.94. The van der Waals surface area contributed by atoms with Crippen LogP contribution in [0, 0.1) is 6.92 Å². The molecule has 0 aliphatic carbocycles. The van der Waals surface area contributed by atoms with E-state index in [9.17, 15) is 4.79 Å². The zero-order valence-electron chi connectivity index (χ0n) is 14.6. The Labute approximate surface area is 164 Å². The van der Waals surface area contributed by atoms with Crippen LogP contribution >= 0.6 is 22.7 Å². The topological polar surface area (TPSA) is 86.2 Å². The highest BCUT2D eigenvalue weighted by Gasteiger charge is 2.08. The Hall–Kier alpha value is -2.78. The van der Waals surface area contributed by atoms with Gasteiger partial charge < -0.3 is 9.47 Å². The molecule has 0 saturated heterocycles. The molecule has 0 unspecified atom stereocenters. The number of ether oxygens (including phenoxy) is 2. The molecule has 0 bridgehead atoms. The molecule has 0 aliphatic heterocycles. The lowest BCUT2D eigenvalue weighted by molar-refractivity contribution is 0.102. The highest BCUT2D eigenvalue weighted by atomic mass is 32.1. The molecule has 9 heteroatoms. The van der Waals surface area contributed by atoms with Crippen LogP contribution in [0.15, 0.2) is 47.6 Å². The quantitative estimate of drug-likeness (QED) is 0.434. The van der Waals surface area contributed by atoms with Gasteiger partial charge in [-0.05, 0) is 31.2 Å². The summed E-state index contributed by atoms with van der Waals surface area (Å²) in [4.78, 5) is 17.6. The molecule has 0 radical (unpaired) electrons. The fourth-order valence-corrected chi connectivity index (χ4v) is 3.36. The molecule has 2 heterocycles. The SMILES string of the molecule is Cc1ncsc1CCO/C=C/COc1cccc(C(=O)Nc2nncs2)c1. The number of hydrogen-bond donors (Lipinski definition) is 1. The summed E-state index contributed by atoms with van der Waals surface area (Å²) >= 11 is 2.90. The molecule has 0 aliphatic rings. The molecule has 0 spiro atoms.